The maximum atomic E-state index is 13.7. The molecule has 1 aromatic heterocycles. The summed E-state index contributed by atoms with van der Waals surface area (Å²) >= 11 is 0. The molecule has 0 aliphatic carbocycles. The van der Waals surface area contributed by atoms with Gasteiger partial charge in [0.05, 0.1) is 0 Å². The summed E-state index contributed by atoms with van der Waals surface area (Å²) in [5.74, 6) is -8.40. The molecule has 33 heavy (non-hydrogen) atoms. The number of benzene rings is 1. The zero-order chi connectivity index (χ0) is 25.1. The summed E-state index contributed by atoms with van der Waals surface area (Å²) < 4.78 is 71.8. The molecule has 0 unspecified atom stereocenters. The van der Waals surface area contributed by atoms with Crippen LogP contribution in [0.4, 0.5) is 19.0 Å². The lowest BCUT2D eigenvalue weighted by molar-refractivity contribution is -0.141. The molecule has 15 heteroatoms. The number of aromatic nitrogens is 2. The van der Waals surface area contributed by atoms with Crippen LogP contribution in [0.25, 0.3) is 0 Å². The fourth-order valence-electron chi connectivity index (χ4n) is 2.70. The third-order valence-electron chi connectivity index (χ3n) is 4.37. The van der Waals surface area contributed by atoms with Crippen molar-refractivity contribution in [3.63, 3.8) is 0 Å². The predicted octanol–water partition coefficient (Wildman–Crippen LogP) is -0.339. The van der Waals surface area contributed by atoms with Gasteiger partial charge >= 0.3 is 11.7 Å². The lowest BCUT2D eigenvalue weighted by Gasteiger charge is -2.14. The molecular formula is C18H19F3N4O7S. The van der Waals surface area contributed by atoms with Gasteiger partial charge in [-0.2, -0.15) is 4.72 Å². The van der Waals surface area contributed by atoms with E-state index in [4.69, 9.17) is 5.73 Å². The van der Waals surface area contributed by atoms with Gasteiger partial charge in [-0.05, 0) is 18.6 Å². The predicted molar refractivity (Wildman–Crippen MR) is 107 cm³/mol. The van der Waals surface area contributed by atoms with E-state index in [1.165, 1.54) is 0 Å². The number of nitrogens with one attached hydrogen (secondary N) is 1. The average molecular weight is 492 g/mol. The van der Waals surface area contributed by atoms with Gasteiger partial charge in [-0.1, -0.05) is 6.92 Å². The average Bonchev–Trinajstić information content (AvgIpc) is 2.76. The fraction of sp³-hybridized carbons (Fsp3) is 0.333. The zero-order valence-corrected chi connectivity index (χ0v) is 18.2. The van der Waals surface area contributed by atoms with Crippen molar-refractivity contribution in [2.45, 2.75) is 24.8 Å². The van der Waals surface area contributed by atoms with Crippen molar-refractivity contribution in [2.75, 3.05) is 18.9 Å². The Morgan fingerprint density at radius 3 is 2.39 bits per heavy atom. The topological polar surface area (TPSA) is 160 Å². The van der Waals surface area contributed by atoms with Crippen LogP contribution in [0.2, 0.25) is 0 Å². The number of rotatable bonds is 9. The Bertz CT molecular complexity index is 1340. The van der Waals surface area contributed by atoms with Crippen molar-refractivity contribution in [3.05, 3.63) is 56.0 Å². The van der Waals surface area contributed by atoms with E-state index in [-0.39, 0.29) is 6.54 Å². The van der Waals surface area contributed by atoms with Crippen LogP contribution in [-0.4, -0.2) is 42.5 Å². The second kappa shape index (κ2) is 9.99. The maximum absolute atomic E-state index is 13.7. The van der Waals surface area contributed by atoms with Gasteiger partial charge in [0.2, 0.25) is 15.8 Å². The highest BCUT2D eigenvalue weighted by Crippen LogP contribution is 2.19. The summed E-state index contributed by atoms with van der Waals surface area (Å²) in [6.07, 6.45) is 0.462. The minimum absolute atomic E-state index is 0.112. The lowest BCUT2D eigenvalue weighted by atomic mass is 10.2. The molecule has 0 saturated heterocycles. The first-order valence-corrected chi connectivity index (χ1v) is 10.7. The minimum Gasteiger partial charge on any atom is -0.456 e. The Hall–Kier alpha value is -3.46. The van der Waals surface area contributed by atoms with E-state index in [2.05, 4.69) is 4.74 Å². The Kier molecular flexibility index (Phi) is 7.81. The number of anilines is 1. The van der Waals surface area contributed by atoms with Gasteiger partial charge in [-0.25, -0.2) is 26.4 Å². The molecule has 1 aromatic carbocycles. The van der Waals surface area contributed by atoms with Crippen LogP contribution in [0, 0.1) is 17.5 Å². The highest BCUT2D eigenvalue weighted by Gasteiger charge is 2.26. The molecule has 0 radical (unpaired) electrons. The number of nitrogen functional groups attached to an aromatic ring is 1. The lowest BCUT2D eigenvalue weighted by Crippen LogP contribution is -2.43. The summed E-state index contributed by atoms with van der Waals surface area (Å²) in [6.45, 7) is -0.282. The van der Waals surface area contributed by atoms with E-state index in [1.807, 2.05) is 0 Å². The normalized spacial score (nSPS) is 11.4. The molecule has 0 amide bonds. The molecule has 11 nitrogen and oxygen atoms in total. The van der Waals surface area contributed by atoms with E-state index in [9.17, 15) is 40.8 Å². The number of nitrogens with zero attached hydrogens (tertiary/aromatic N) is 2. The third kappa shape index (κ3) is 5.31. The molecule has 0 fully saturated rings. The first kappa shape index (κ1) is 25.8. The van der Waals surface area contributed by atoms with Gasteiger partial charge in [-0.15, -0.1) is 0 Å². The maximum Gasteiger partial charge on any atom is 0.332 e. The molecule has 0 saturated carbocycles. The van der Waals surface area contributed by atoms with E-state index >= 15 is 0 Å². The van der Waals surface area contributed by atoms with Crippen molar-refractivity contribution in [1.29, 1.82) is 0 Å². The van der Waals surface area contributed by atoms with Crippen molar-refractivity contribution in [3.8, 4) is 0 Å². The number of carbonyl (C=O) groups is 2. The molecular weight excluding hydrogens is 473 g/mol. The van der Waals surface area contributed by atoms with Crippen LogP contribution >= 0.6 is 0 Å². The Balaban J connectivity index is 2.12. The molecule has 2 rings (SSSR count). The largest absolute Gasteiger partial charge is 0.456 e. The van der Waals surface area contributed by atoms with E-state index in [0.29, 0.717) is 23.1 Å². The van der Waals surface area contributed by atoms with Crippen molar-refractivity contribution < 1.29 is 35.9 Å². The van der Waals surface area contributed by atoms with E-state index in [0.717, 1.165) is 11.6 Å². The van der Waals surface area contributed by atoms with Crippen LogP contribution in [0.3, 0.4) is 0 Å². The zero-order valence-electron chi connectivity index (χ0n) is 17.4. The van der Waals surface area contributed by atoms with E-state index < -0.39 is 79.9 Å². The number of nitrogens with two attached hydrogens (primary N) is 1. The molecule has 0 atom stereocenters. The van der Waals surface area contributed by atoms with Crippen LogP contribution < -0.4 is 21.7 Å². The summed E-state index contributed by atoms with van der Waals surface area (Å²) in [5, 5.41) is 0. The summed E-state index contributed by atoms with van der Waals surface area (Å²) in [7, 11) is -3.65. The molecule has 1 heterocycles. The Morgan fingerprint density at radius 1 is 1.15 bits per heavy atom. The molecule has 0 bridgehead atoms. The van der Waals surface area contributed by atoms with Gasteiger partial charge in [0.15, 0.2) is 24.1 Å². The van der Waals surface area contributed by atoms with Crippen LogP contribution in [0.1, 0.15) is 23.7 Å². The third-order valence-corrected chi connectivity index (χ3v) is 5.79. The number of ether oxygens (including phenoxy) is 1. The second-order valence-corrected chi connectivity index (χ2v) is 8.38. The Morgan fingerprint density at radius 2 is 1.79 bits per heavy atom. The molecule has 2 aromatic rings. The summed E-state index contributed by atoms with van der Waals surface area (Å²) in [6, 6.07) is 0.835. The van der Waals surface area contributed by atoms with Crippen LogP contribution in [0.15, 0.2) is 26.6 Å². The fourth-order valence-corrected chi connectivity index (χ4v) is 3.74. The molecule has 0 aliphatic rings. The molecule has 0 spiro atoms. The molecule has 0 aliphatic heterocycles. The summed E-state index contributed by atoms with van der Waals surface area (Å²) in [5.41, 5.74) is 3.42. The smallest absolute Gasteiger partial charge is 0.332 e. The quantitative estimate of drug-likeness (QED) is 0.273. The molecule has 3 N–H and O–H groups in total. The second-order valence-electron chi connectivity index (χ2n) is 6.64. The number of ketones is 1. The number of halogens is 3. The van der Waals surface area contributed by atoms with Crippen LogP contribution in [0.5, 0.6) is 0 Å². The number of carbonyl (C=O) groups excluding carboxylic acids is 2. The number of sulfonamides is 1. The first-order valence-electron chi connectivity index (χ1n) is 9.24. The highest BCUT2D eigenvalue weighted by atomic mass is 32.2. The number of hydrogen-bond donors (Lipinski definition) is 2. The standard InChI is InChI=1S/C18H19F3N4O7S/c1-3-6-25-16(22)13(17(28)24(2)18(25)29)10(26)8-32-12(27)7-23-33(30,31)11-5-4-9(19)14(20)15(11)21/h4-5,23H,3,6-8,22H2,1-2H3. The highest BCUT2D eigenvalue weighted by molar-refractivity contribution is 7.89. The SMILES string of the molecule is CCCn1c(N)c(C(=O)COC(=O)CNS(=O)(=O)c2ccc(F)c(F)c2F)c(=O)n(C)c1=O. The Labute approximate surface area is 184 Å². The molecule has 180 valence electrons. The van der Waals surface area contributed by atoms with Gasteiger partial charge in [0, 0.05) is 13.6 Å². The van der Waals surface area contributed by atoms with Crippen LogP contribution in [-0.2, 0) is 33.1 Å². The number of hydrogen-bond acceptors (Lipinski definition) is 8. The van der Waals surface area contributed by atoms with Gasteiger partial charge in [0.1, 0.15) is 22.8 Å². The number of Topliss-reactive ketones (excluding diaryl/α,β-unsaturated/α-hetero) is 1. The van der Waals surface area contributed by atoms with Gasteiger partial charge in [0.25, 0.3) is 5.56 Å². The summed E-state index contributed by atoms with van der Waals surface area (Å²) in [4.78, 5) is 47.4. The monoisotopic (exact) mass is 492 g/mol. The van der Waals surface area contributed by atoms with Crippen molar-refractivity contribution in [1.82, 2.24) is 13.9 Å². The van der Waals surface area contributed by atoms with Crippen molar-refractivity contribution in [2.24, 2.45) is 7.05 Å². The van der Waals surface area contributed by atoms with Gasteiger partial charge < -0.3 is 10.5 Å². The van der Waals surface area contributed by atoms with Gasteiger partial charge in [-0.3, -0.25) is 23.5 Å². The number of esters is 1. The van der Waals surface area contributed by atoms with E-state index in [1.54, 1.807) is 11.6 Å². The van der Waals surface area contributed by atoms with Crippen molar-refractivity contribution >= 4 is 27.6 Å². The minimum atomic E-state index is -4.78. The first-order chi connectivity index (χ1) is 15.3.